The van der Waals surface area contributed by atoms with Crippen molar-refractivity contribution >= 4 is 0 Å². The Morgan fingerprint density at radius 1 is 1.00 bits per heavy atom. The molecule has 0 amide bonds. The van der Waals surface area contributed by atoms with Crippen molar-refractivity contribution in [2.45, 2.75) is 31.7 Å². The summed E-state index contributed by atoms with van der Waals surface area (Å²) in [5.41, 5.74) is 2.79. The first-order valence-corrected chi connectivity index (χ1v) is 8.65. The topological polar surface area (TPSA) is 39.7 Å². The molecule has 1 atom stereocenters. The van der Waals surface area contributed by atoms with Crippen LogP contribution in [0.3, 0.4) is 0 Å². The third-order valence-electron chi connectivity index (χ3n) is 5.05. The molecular weight excluding hydrogens is 302 g/mol. The molecule has 1 unspecified atom stereocenters. The summed E-state index contributed by atoms with van der Waals surface area (Å²) in [5.74, 6) is 3.22. The Labute approximate surface area is 144 Å². The average molecular weight is 329 g/mol. The minimum absolute atomic E-state index is 0.221. The minimum Gasteiger partial charge on any atom is -0.501 e. The Balaban J connectivity index is 1.72. The smallest absolute Gasteiger partial charge is 0.119 e. The van der Waals surface area contributed by atoms with E-state index in [1.807, 2.05) is 0 Å². The first-order chi connectivity index (χ1) is 11.8. The van der Waals surface area contributed by atoms with Crippen LogP contribution in [0.4, 0.5) is 0 Å². The van der Waals surface area contributed by atoms with E-state index in [1.165, 1.54) is 11.1 Å². The third kappa shape index (κ3) is 3.44. The highest BCUT2D eigenvalue weighted by atomic mass is 16.5. The number of rotatable bonds is 6. The standard InChI is InChI=1S/C20H27NO3/c1-22-15-7-8-16-14(13-15)11-12-21-18(16)10-9-17-19(23-2)5-4-6-20(17)24-3/h5-8,13,17-18,21H,4,9-12H2,1-3H3. The maximum atomic E-state index is 5.58. The van der Waals surface area contributed by atoms with Crippen LogP contribution < -0.4 is 10.1 Å². The van der Waals surface area contributed by atoms with E-state index in [1.54, 1.807) is 21.3 Å². The summed E-state index contributed by atoms with van der Waals surface area (Å²) in [6, 6.07) is 6.80. The fourth-order valence-corrected chi connectivity index (χ4v) is 3.80. The van der Waals surface area contributed by atoms with Gasteiger partial charge in [0.05, 0.1) is 27.2 Å². The summed E-state index contributed by atoms with van der Waals surface area (Å²) < 4.78 is 16.5. The molecule has 0 saturated heterocycles. The molecule has 1 aliphatic heterocycles. The second kappa shape index (κ2) is 7.75. The maximum Gasteiger partial charge on any atom is 0.119 e. The van der Waals surface area contributed by atoms with Gasteiger partial charge in [-0.2, -0.15) is 0 Å². The fraction of sp³-hybridized carbons (Fsp3) is 0.500. The van der Waals surface area contributed by atoms with E-state index in [4.69, 9.17) is 14.2 Å². The zero-order valence-electron chi connectivity index (χ0n) is 14.8. The molecular formula is C20H27NO3. The molecule has 4 heteroatoms. The molecule has 0 spiro atoms. The summed E-state index contributed by atoms with van der Waals surface area (Å²) in [6.07, 6.45) is 8.29. The van der Waals surface area contributed by atoms with Gasteiger partial charge < -0.3 is 19.5 Å². The van der Waals surface area contributed by atoms with E-state index >= 15 is 0 Å². The maximum absolute atomic E-state index is 5.58. The van der Waals surface area contributed by atoms with Crippen molar-refractivity contribution in [2.75, 3.05) is 27.9 Å². The van der Waals surface area contributed by atoms with Crippen molar-refractivity contribution in [3.63, 3.8) is 0 Å². The van der Waals surface area contributed by atoms with E-state index in [0.29, 0.717) is 6.04 Å². The van der Waals surface area contributed by atoms with Crippen LogP contribution in [0.2, 0.25) is 0 Å². The van der Waals surface area contributed by atoms with Gasteiger partial charge in [0, 0.05) is 6.04 Å². The monoisotopic (exact) mass is 329 g/mol. The molecule has 130 valence electrons. The quantitative estimate of drug-likeness (QED) is 0.863. The van der Waals surface area contributed by atoms with Gasteiger partial charge in [0.2, 0.25) is 0 Å². The molecule has 0 aromatic heterocycles. The van der Waals surface area contributed by atoms with Crippen molar-refractivity contribution in [1.82, 2.24) is 5.32 Å². The molecule has 0 bridgehead atoms. The lowest BCUT2D eigenvalue weighted by molar-refractivity contribution is 0.180. The average Bonchev–Trinajstić information content (AvgIpc) is 2.65. The SMILES string of the molecule is COC1=CCC=C(OC)C1CCC1NCCc2cc(OC)ccc21. The van der Waals surface area contributed by atoms with E-state index < -0.39 is 0 Å². The van der Waals surface area contributed by atoms with Crippen LogP contribution in [0.25, 0.3) is 0 Å². The van der Waals surface area contributed by atoms with Crippen LogP contribution in [0.5, 0.6) is 5.75 Å². The predicted molar refractivity (Wildman–Crippen MR) is 95.0 cm³/mol. The molecule has 4 nitrogen and oxygen atoms in total. The van der Waals surface area contributed by atoms with Gasteiger partial charge in [-0.1, -0.05) is 6.07 Å². The van der Waals surface area contributed by atoms with Crippen molar-refractivity contribution in [3.8, 4) is 5.75 Å². The Hall–Kier alpha value is -1.94. The zero-order chi connectivity index (χ0) is 16.9. The highest BCUT2D eigenvalue weighted by Gasteiger charge is 2.27. The van der Waals surface area contributed by atoms with Crippen LogP contribution in [-0.4, -0.2) is 27.9 Å². The van der Waals surface area contributed by atoms with E-state index in [0.717, 1.165) is 49.5 Å². The minimum atomic E-state index is 0.221. The second-order valence-electron chi connectivity index (χ2n) is 6.31. The molecule has 24 heavy (non-hydrogen) atoms. The molecule has 1 aliphatic carbocycles. The highest BCUT2D eigenvalue weighted by Crippen LogP contribution is 2.35. The summed E-state index contributed by atoms with van der Waals surface area (Å²) in [6.45, 7) is 1.01. The van der Waals surface area contributed by atoms with Gasteiger partial charge in [0.1, 0.15) is 17.3 Å². The summed E-state index contributed by atoms with van der Waals surface area (Å²) in [7, 11) is 5.22. The van der Waals surface area contributed by atoms with Gasteiger partial charge in [0.15, 0.2) is 0 Å². The summed E-state index contributed by atoms with van der Waals surface area (Å²) in [4.78, 5) is 0. The Bertz CT molecular complexity index is 616. The number of fused-ring (bicyclic) bond motifs is 1. The van der Waals surface area contributed by atoms with Crippen molar-refractivity contribution in [1.29, 1.82) is 0 Å². The molecule has 1 heterocycles. The molecule has 1 N–H and O–H groups in total. The summed E-state index contributed by atoms with van der Waals surface area (Å²) in [5, 5.41) is 3.66. The normalized spacial score (nSPS) is 20.7. The van der Waals surface area contributed by atoms with Crippen LogP contribution in [0.1, 0.15) is 36.4 Å². The first-order valence-electron chi connectivity index (χ1n) is 8.65. The molecule has 0 radical (unpaired) electrons. The lowest BCUT2D eigenvalue weighted by Gasteiger charge is -2.30. The Morgan fingerprint density at radius 2 is 1.75 bits per heavy atom. The third-order valence-corrected chi connectivity index (χ3v) is 5.05. The predicted octanol–water partition coefficient (Wildman–Crippen LogP) is 3.74. The molecule has 0 fully saturated rings. The van der Waals surface area contributed by atoms with Gasteiger partial charge in [0.25, 0.3) is 0 Å². The molecule has 0 saturated carbocycles. The summed E-state index contributed by atoms with van der Waals surface area (Å²) >= 11 is 0. The van der Waals surface area contributed by atoms with Gasteiger partial charge >= 0.3 is 0 Å². The molecule has 2 aliphatic rings. The van der Waals surface area contributed by atoms with Gasteiger partial charge in [-0.15, -0.1) is 0 Å². The van der Waals surface area contributed by atoms with Gasteiger partial charge in [-0.3, -0.25) is 0 Å². The number of ether oxygens (including phenoxy) is 3. The van der Waals surface area contributed by atoms with Crippen molar-refractivity contribution in [3.05, 3.63) is 53.0 Å². The number of allylic oxidation sites excluding steroid dienone is 2. The van der Waals surface area contributed by atoms with E-state index in [-0.39, 0.29) is 5.92 Å². The van der Waals surface area contributed by atoms with E-state index in [2.05, 4.69) is 35.7 Å². The number of methoxy groups -OCH3 is 3. The first kappa shape index (κ1) is 16.9. The highest BCUT2D eigenvalue weighted by molar-refractivity contribution is 5.39. The largest absolute Gasteiger partial charge is 0.501 e. The van der Waals surface area contributed by atoms with Crippen LogP contribution in [-0.2, 0) is 15.9 Å². The van der Waals surface area contributed by atoms with Crippen LogP contribution in [0, 0.1) is 5.92 Å². The van der Waals surface area contributed by atoms with Crippen LogP contribution >= 0.6 is 0 Å². The van der Waals surface area contributed by atoms with Crippen LogP contribution in [0.15, 0.2) is 41.9 Å². The number of hydrogen-bond donors (Lipinski definition) is 1. The van der Waals surface area contributed by atoms with E-state index in [9.17, 15) is 0 Å². The van der Waals surface area contributed by atoms with Gasteiger partial charge in [-0.25, -0.2) is 0 Å². The van der Waals surface area contributed by atoms with Gasteiger partial charge in [-0.05, 0) is 67.6 Å². The molecule has 1 aromatic carbocycles. The molecule has 1 aromatic rings. The number of benzene rings is 1. The zero-order valence-corrected chi connectivity index (χ0v) is 14.8. The lowest BCUT2D eigenvalue weighted by atomic mass is 9.87. The van der Waals surface area contributed by atoms with Crippen molar-refractivity contribution in [2.24, 2.45) is 5.92 Å². The number of nitrogens with one attached hydrogen (secondary N) is 1. The Morgan fingerprint density at radius 3 is 2.42 bits per heavy atom. The molecule has 3 rings (SSSR count). The fourth-order valence-electron chi connectivity index (χ4n) is 3.80. The Kier molecular flexibility index (Phi) is 5.46. The lowest BCUT2D eigenvalue weighted by Crippen LogP contribution is -2.30. The van der Waals surface area contributed by atoms with Crippen molar-refractivity contribution < 1.29 is 14.2 Å². The second-order valence-corrected chi connectivity index (χ2v) is 6.31. The number of hydrogen-bond acceptors (Lipinski definition) is 4.